The average Bonchev–Trinajstić information content (AvgIpc) is 3.01. The van der Waals surface area contributed by atoms with E-state index in [1.54, 1.807) is 55.7 Å². The Morgan fingerprint density at radius 3 is 2.88 bits per heavy atom. The van der Waals surface area contributed by atoms with Crippen LogP contribution in [0.25, 0.3) is 5.65 Å². The topological polar surface area (TPSA) is 102 Å². The van der Waals surface area contributed by atoms with Gasteiger partial charge in [-0.25, -0.2) is 0 Å². The maximum absolute atomic E-state index is 12.3. The Morgan fingerprint density at radius 2 is 2.15 bits per heavy atom. The summed E-state index contributed by atoms with van der Waals surface area (Å²) in [4.78, 5) is 29.0. The first-order valence-electron chi connectivity index (χ1n) is 7.76. The number of rotatable bonds is 6. The Bertz CT molecular complexity index is 969. The van der Waals surface area contributed by atoms with Crippen molar-refractivity contribution in [1.29, 1.82) is 0 Å². The van der Waals surface area contributed by atoms with Crippen LogP contribution in [-0.4, -0.2) is 40.9 Å². The molecule has 1 N–H and O–H groups in total. The number of nitrogens with one attached hydrogen (secondary N) is 1. The second-order valence-corrected chi connectivity index (χ2v) is 5.58. The van der Waals surface area contributed by atoms with Crippen LogP contribution in [0.2, 0.25) is 0 Å². The van der Waals surface area contributed by atoms with E-state index >= 15 is 0 Å². The molecule has 0 saturated heterocycles. The number of fused-ring (bicyclic) bond motifs is 1. The van der Waals surface area contributed by atoms with Crippen molar-refractivity contribution in [1.82, 2.24) is 9.38 Å². The number of imidazole rings is 1. The zero-order valence-electron chi connectivity index (χ0n) is 14.2. The summed E-state index contributed by atoms with van der Waals surface area (Å²) >= 11 is 0. The maximum Gasteiger partial charge on any atom is 0.372 e. The normalized spacial score (nSPS) is 10.5. The van der Waals surface area contributed by atoms with Crippen molar-refractivity contribution in [3.63, 3.8) is 0 Å². The van der Waals surface area contributed by atoms with E-state index in [-0.39, 0.29) is 24.1 Å². The summed E-state index contributed by atoms with van der Waals surface area (Å²) < 4.78 is 6.49. The van der Waals surface area contributed by atoms with Crippen molar-refractivity contribution in [2.75, 3.05) is 30.9 Å². The third-order valence-electron chi connectivity index (χ3n) is 3.76. The zero-order valence-corrected chi connectivity index (χ0v) is 14.2. The number of nitrogens with zero attached hydrogens (tertiary/aromatic N) is 4. The Hall–Kier alpha value is -3.62. The van der Waals surface area contributed by atoms with Crippen molar-refractivity contribution < 1.29 is 14.5 Å². The predicted molar refractivity (Wildman–Crippen MR) is 96.7 cm³/mol. The molecule has 2 aromatic heterocycles. The number of carbonyl (C=O) groups excluding carboxylic acids is 1. The van der Waals surface area contributed by atoms with E-state index in [0.717, 1.165) is 0 Å². The number of methoxy groups -OCH3 is 1. The summed E-state index contributed by atoms with van der Waals surface area (Å²) in [5.74, 6) is 0.235. The molecule has 2 heterocycles. The summed E-state index contributed by atoms with van der Waals surface area (Å²) in [6.07, 6.45) is 1.56. The molecule has 0 aliphatic rings. The number of benzene rings is 1. The number of hydrogen-bond acceptors (Lipinski definition) is 6. The number of pyridine rings is 1. The van der Waals surface area contributed by atoms with Gasteiger partial charge in [0.1, 0.15) is 5.75 Å². The van der Waals surface area contributed by atoms with E-state index < -0.39 is 4.92 Å². The fraction of sp³-hybridized carbons (Fsp3) is 0.176. The van der Waals surface area contributed by atoms with Gasteiger partial charge in [0.25, 0.3) is 0 Å². The van der Waals surface area contributed by atoms with Crippen molar-refractivity contribution in [3.05, 3.63) is 58.8 Å². The zero-order chi connectivity index (χ0) is 18.7. The van der Waals surface area contributed by atoms with Crippen molar-refractivity contribution >= 4 is 28.9 Å². The first-order chi connectivity index (χ1) is 12.5. The minimum Gasteiger partial charge on any atom is -0.497 e. The molecule has 3 aromatic rings. The van der Waals surface area contributed by atoms with Crippen LogP contribution in [0.4, 0.5) is 17.3 Å². The molecule has 1 aromatic carbocycles. The molecule has 134 valence electrons. The highest BCUT2D eigenvalue weighted by atomic mass is 16.6. The minimum absolute atomic E-state index is 0.0953. The standard InChI is InChI=1S/C17H17N5O4/c1-20(11-15(23)18-12-6-5-7-13(10-12)26-2)16-17(22(24)25)21-9-4-3-8-14(21)19-16/h3-10H,11H2,1-2H3,(H,18,23). The van der Waals surface area contributed by atoms with Crippen molar-refractivity contribution in [2.24, 2.45) is 0 Å². The molecular formula is C17H17N5O4. The first kappa shape index (κ1) is 17.2. The lowest BCUT2D eigenvalue weighted by Crippen LogP contribution is -2.30. The molecular weight excluding hydrogens is 338 g/mol. The van der Waals surface area contributed by atoms with Gasteiger partial charge in [-0.1, -0.05) is 12.1 Å². The second-order valence-electron chi connectivity index (χ2n) is 5.58. The van der Waals surface area contributed by atoms with Gasteiger partial charge in [0.15, 0.2) is 0 Å². The molecule has 0 bridgehead atoms. The van der Waals surface area contributed by atoms with Crippen LogP contribution in [0.5, 0.6) is 5.75 Å². The number of amides is 1. The highest BCUT2D eigenvalue weighted by Crippen LogP contribution is 2.28. The Kier molecular flexibility index (Phi) is 4.70. The molecule has 0 atom stereocenters. The molecule has 0 spiro atoms. The first-order valence-corrected chi connectivity index (χ1v) is 7.76. The molecule has 0 saturated carbocycles. The third-order valence-corrected chi connectivity index (χ3v) is 3.76. The highest BCUT2D eigenvalue weighted by molar-refractivity contribution is 5.94. The number of likely N-dealkylation sites (N-methyl/N-ethyl adjacent to an activating group) is 1. The summed E-state index contributed by atoms with van der Waals surface area (Å²) in [7, 11) is 3.12. The van der Waals surface area contributed by atoms with E-state index in [4.69, 9.17) is 4.74 Å². The Balaban J connectivity index is 1.80. The minimum atomic E-state index is -0.508. The van der Waals surface area contributed by atoms with Crippen LogP contribution in [0, 0.1) is 10.1 Å². The lowest BCUT2D eigenvalue weighted by molar-refractivity contribution is -0.389. The number of carbonyl (C=O) groups is 1. The summed E-state index contributed by atoms with van der Waals surface area (Å²) in [5.41, 5.74) is 1.02. The van der Waals surface area contributed by atoms with Gasteiger partial charge in [0, 0.05) is 24.9 Å². The van der Waals surface area contributed by atoms with Gasteiger partial charge in [-0.05, 0) is 23.1 Å². The van der Waals surface area contributed by atoms with Gasteiger partial charge in [0.2, 0.25) is 17.4 Å². The van der Waals surface area contributed by atoms with Crippen LogP contribution < -0.4 is 15.0 Å². The van der Waals surface area contributed by atoms with Gasteiger partial charge in [0.05, 0.1) is 19.9 Å². The van der Waals surface area contributed by atoms with Crippen molar-refractivity contribution in [3.8, 4) is 5.75 Å². The van der Waals surface area contributed by atoms with E-state index in [2.05, 4.69) is 10.3 Å². The van der Waals surface area contributed by atoms with Gasteiger partial charge < -0.3 is 25.1 Å². The quantitative estimate of drug-likeness (QED) is 0.538. The smallest absolute Gasteiger partial charge is 0.372 e. The van der Waals surface area contributed by atoms with Crippen LogP contribution in [0.1, 0.15) is 0 Å². The Morgan fingerprint density at radius 1 is 1.35 bits per heavy atom. The molecule has 0 aliphatic heterocycles. The fourth-order valence-corrected chi connectivity index (χ4v) is 2.59. The number of anilines is 2. The third kappa shape index (κ3) is 3.41. The van der Waals surface area contributed by atoms with Crippen LogP contribution in [0.15, 0.2) is 48.7 Å². The second kappa shape index (κ2) is 7.09. The molecule has 0 radical (unpaired) electrons. The SMILES string of the molecule is COc1cccc(NC(=O)CN(C)c2nc3ccccn3c2[N+](=O)[O-])c1. The molecule has 26 heavy (non-hydrogen) atoms. The molecule has 0 fully saturated rings. The number of nitro groups is 1. The lowest BCUT2D eigenvalue weighted by atomic mass is 10.3. The molecule has 9 nitrogen and oxygen atoms in total. The van der Waals surface area contributed by atoms with Gasteiger partial charge in [-0.3, -0.25) is 4.79 Å². The van der Waals surface area contributed by atoms with Gasteiger partial charge in [-0.2, -0.15) is 9.38 Å². The molecule has 3 rings (SSSR count). The van der Waals surface area contributed by atoms with Crippen LogP contribution >= 0.6 is 0 Å². The summed E-state index contributed by atoms with van der Waals surface area (Å²) in [6.45, 7) is -0.0953. The predicted octanol–water partition coefficient (Wildman–Crippen LogP) is 2.33. The highest BCUT2D eigenvalue weighted by Gasteiger charge is 2.26. The van der Waals surface area contributed by atoms with E-state index in [1.165, 1.54) is 16.4 Å². The molecule has 0 aliphatic carbocycles. The molecule has 0 unspecified atom stereocenters. The average molecular weight is 355 g/mol. The monoisotopic (exact) mass is 355 g/mol. The van der Waals surface area contributed by atoms with Crippen molar-refractivity contribution in [2.45, 2.75) is 0 Å². The number of hydrogen-bond donors (Lipinski definition) is 1. The van der Waals surface area contributed by atoms with Gasteiger partial charge >= 0.3 is 5.82 Å². The maximum atomic E-state index is 12.3. The molecule has 1 amide bonds. The molecule has 9 heteroatoms. The summed E-state index contributed by atoms with van der Waals surface area (Å²) in [6, 6.07) is 12.0. The van der Waals surface area contributed by atoms with E-state index in [0.29, 0.717) is 17.1 Å². The number of ether oxygens (including phenoxy) is 1. The van der Waals surface area contributed by atoms with Crippen LogP contribution in [0.3, 0.4) is 0 Å². The van der Waals surface area contributed by atoms with Crippen LogP contribution in [-0.2, 0) is 4.79 Å². The fourth-order valence-electron chi connectivity index (χ4n) is 2.59. The summed E-state index contributed by atoms with van der Waals surface area (Å²) in [5, 5.41) is 14.2. The largest absolute Gasteiger partial charge is 0.497 e. The lowest BCUT2D eigenvalue weighted by Gasteiger charge is -2.15. The van der Waals surface area contributed by atoms with E-state index in [1.807, 2.05) is 0 Å². The van der Waals surface area contributed by atoms with Gasteiger partial charge in [-0.15, -0.1) is 0 Å². The van der Waals surface area contributed by atoms with E-state index in [9.17, 15) is 14.9 Å². The number of aromatic nitrogens is 2. The Labute approximate surface area is 149 Å².